The number of benzene rings is 1. The molecule has 0 radical (unpaired) electrons. The molecule has 0 amide bonds. The standard InChI is InChI=1S/C18H18F2N4OS2/c1-13(27-26-9-14-3-2-6-21-8-14)18(25,10-24-12-22-11-23-24)16-7-15(19)4-5-17(16)20/h2-8,11-13,25H,9-10H2,1H3/t13-,18-/m1/s1. The van der Waals surface area contributed by atoms with Crippen molar-refractivity contribution in [3.63, 3.8) is 0 Å². The van der Waals surface area contributed by atoms with Crippen molar-refractivity contribution in [2.24, 2.45) is 0 Å². The Balaban J connectivity index is 1.81. The molecule has 3 rings (SSSR count). The molecule has 2 heterocycles. The summed E-state index contributed by atoms with van der Waals surface area (Å²) in [5.74, 6) is -0.596. The number of rotatable bonds is 8. The zero-order chi connectivity index (χ0) is 19.3. The highest BCUT2D eigenvalue weighted by Crippen LogP contribution is 2.41. The third-order valence-corrected chi connectivity index (χ3v) is 6.99. The summed E-state index contributed by atoms with van der Waals surface area (Å²) in [5, 5.41) is 14.9. The number of hydrogen-bond acceptors (Lipinski definition) is 6. The van der Waals surface area contributed by atoms with Gasteiger partial charge in [-0.15, -0.1) is 0 Å². The summed E-state index contributed by atoms with van der Waals surface area (Å²) in [5.41, 5.74) is -0.731. The van der Waals surface area contributed by atoms with Crippen LogP contribution in [0.15, 0.2) is 55.4 Å². The van der Waals surface area contributed by atoms with Gasteiger partial charge in [0.05, 0.1) is 6.54 Å². The van der Waals surface area contributed by atoms with E-state index >= 15 is 0 Å². The van der Waals surface area contributed by atoms with E-state index in [1.54, 1.807) is 19.3 Å². The number of nitrogens with zero attached hydrogens (tertiary/aromatic N) is 4. The van der Waals surface area contributed by atoms with E-state index in [4.69, 9.17) is 0 Å². The normalized spacial score (nSPS) is 14.7. The molecule has 5 nitrogen and oxygen atoms in total. The maximum Gasteiger partial charge on any atom is 0.137 e. The minimum atomic E-state index is -1.67. The van der Waals surface area contributed by atoms with Gasteiger partial charge in [-0.2, -0.15) is 5.10 Å². The molecular weight excluding hydrogens is 390 g/mol. The van der Waals surface area contributed by atoms with Crippen LogP contribution < -0.4 is 0 Å². The van der Waals surface area contributed by atoms with Crippen molar-refractivity contribution in [3.8, 4) is 0 Å². The first-order valence-corrected chi connectivity index (χ1v) is 10.5. The fourth-order valence-electron chi connectivity index (χ4n) is 2.59. The van der Waals surface area contributed by atoms with Crippen LogP contribution in [0.1, 0.15) is 18.1 Å². The zero-order valence-corrected chi connectivity index (χ0v) is 16.1. The van der Waals surface area contributed by atoms with E-state index in [1.807, 2.05) is 12.1 Å². The number of pyridine rings is 1. The lowest BCUT2D eigenvalue weighted by atomic mass is 9.90. The van der Waals surface area contributed by atoms with Gasteiger partial charge in [0.2, 0.25) is 0 Å². The van der Waals surface area contributed by atoms with Gasteiger partial charge in [0.15, 0.2) is 0 Å². The van der Waals surface area contributed by atoms with Crippen LogP contribution >= 0.6 is 21.6 Å². The van der Waals surface area contributed by atoms with E-state index in [-0.39, 0.29) is 12.1 Å². The summed E-state index contributed by atoms with van der Waals surface area (Å²) < 4.78 is 29.6. The Bertz CT molecular complexity index is 867. The van der Waals surface area contributed by atoms with Gasteiger partial charge in [-0.05, 0) is 36.8 Å². The predicted octanol–water partition coefficient (Wildman–Crippen LogP) is 3.81. The maximum atomic E-state index is 14.4. The first-order valence-electron chi connectivity index (χ1n) is 8.16. The Morgan fingerprint density at radius 2 is 2.11 bits per heavy atom. The van der Waals surface area contributed by atoms with E-state index in [9.17, 15) is 13.9 Å². The smallest absolute Gasteiger partial charge is 0.137 e. The quantitative estimate of drug-likeness (QED) is 0.572. The van der Waals surface area contributed by atoms with Gasteiger partial charge < -0.3 is 5.11 Å². The van der Waals surface area contributed by atoms with Crippen LogP contribution in [0.4, 0.5) is 8.78 Å². The van der Waals surface area contributed by atoms with E-state index in [0.717, 1.165) is 23.8 Å². The number of aliphatic hydroxyl groups is 1. The van der Waals surface area contributed by atoms with Gasteiger partial charge in [-0.3, -0.25) is 4.98 Å². The molecule has 0 aliphatic carbocycles. The molecule has 0 aliphatic heterocycles. The predicted molar refractivity (Wildman–Crippen MR) is 103 cm³/mol. The van der Waals surface area contributed by atoms with Crippen molar-refractivity contribution >= 4 is 21.6 Å². The first kappa shape index (κ1) is 19.8. The van der Waals surface area contributed by atoms with Gasteiger partial charge >= 0.3 is 0 Å². The highest BCUT2D eigenvalue weighted by molar-refractivity contribution is 8.76. The molecule has 27 heavy (non-hydrogen) atoms. The second-order valence-corrected chi connectivity index (χ2v) is 8.71. The van der Waals surface area contributed by atoms with Crippen molar-refractivity contribution in [2.75, 3.05) is 0 Å². The molecule has 0 unspecified atom stereocenters. The van der Waals surface area contributed by atoms with Crippen molar-refractivity contribution in [1.82, 2.24) is 19.7 Å². The molecular formula is C18H18F2N4OS2. The summed E-state index contributed by atoms with van der Waals surface area (Å²) >= 11 is 0. The molecule has 0 aliphatic rings. The third-order valence-electron chi connectivity index (χ3n) is 4.10. The number of halogens is 2. The zero-order valence-electron chi connectivity index (χ0n) is 14.5. The van der Waals surface area contributed by atoms with Crippen LogP contribution in [0.5, 0.6) is 0 Å². The molecule has 9 heteroatoms. The highest BCUT2D eigenvalue weighted by Gasteiger charge is 2.40. The van der Waals surface area contributed by atoms with Crippen LogP contribution in [0, 0.1) is 11.6 Å². The van der Waals surface area contributed by atoms with Gasteiger partial charge in [0.1, 0.15) is 29.9 Å². The molecule has 142 valence electrons. The van der Waals surface area contributed by atoms with E-state index < -0.39 is 22.5 Å². The van der Waals surface area contributed by atoms with Crippen LogP contribution in [0.2, 0.25) is 0 Å². The molecule has 0 spiro atoms. The fraction of sp³-hybridized carbons (Fsp3) is 0.278. The average molecular weight is 408 g/mol. The monoisotopic (exact) mass is 408 g/mol. The maximum absolute atomic E-state index is 14.4. The second-order valence-electron chi connectivity index (χ2n) is 6.00. The fourth-order valence-corrected chi connectivity index (χ4v) is 5.23. The lowest BCUT2D eigenvalue weighted by Gasteiger charge is -2.34. The Morgan fingerprint density at radius 1 is 1.26 bits per heavy atom. The molecule has 2 aromatic heterocycles. The molecule has 0 bridgehead atoms. The summed E-state index contributed by atoms with van der Waals surface area (Å²) in [4.78, 5) is 7.92. The summed E-state index contributed by atoms with van der Waals surface area (Å²) in [6.07, 6.45) is 6.24. The third kappa shape index (κ3) is 4.85. The largest absolute Gasteiger partial charge is 0.382 e. The van der Waals surface area contributed by atoms with Crippen molar-refractivity contribution in [1.29, 1.82) is 0 Å². The Morgan fingerprint density at radius 3 is 2.81 bits per heavy atom. The van der Waals surface area contributed by atoms with Gasteiger partial charge in [0, 0.05) is 29.0 Å². The van der Waals surface area contributed by atoms with Gasteiger partial charge in [-0.25, -0.2) is 18.4 Å². The molecule has 0 saturated carbocycles. The molecule has 1 aromatic carbocycles. The Kier molecular flexibility index (Phi) is 6.46. The van der Waals surface area contributed by atoms with Crippen LogP contribution in [-0.2, 0) is 17.9 Å². The Labute approximate surface area is 163 Å². The lowest BCUT2D eigenvalue weighted by molar-refractivity contribution is 0.0134. The molecule has 3 aromatic rings. The number of hydrogen-bond donors (Lipinski definition) is 1. The first-order chi connectivity index (χ1) is 13.0. The highest BCUT2D eigenvalue weighted by atomic mass is 33.1. The molecule has 1 N–H and O–H groups in total. The van der Waals surface area contributed by atoms with E-state index in [2.05, 4.69) is 15.1 Å². The summed E-state index contributed by atoms with van der Waals surface area (Å²) in [7, 11) is 2.91. The van der Waals surface area contributed by atoms with Crippen molar-refractivity contribution in [2.45, 2.75) is 30.1 Å². The van der Waals surface area contributed by atoms with E-state index in [1.165, 1.54) is 38.9 Å². The summed E-state index contributed by atoms with van der Waals surface area (Å²) in [6.45, 7) is 1.73. The average Bonchev–Trinajstić information content (AvgIpc) is 3.17. The van der Waals surface area contributed by atoms with Crippen molar-refractivity contribution < 1.29 is 13.9 Å². The second kappa shape index (κ2) is 8.81. The number of aromatic nitrogens is 4. The minimum Gasteiger partial charge on any atom is -0.382 e. The van der Waals surface area contributed by atoms with Crippen LogP contribution in [0.25, 0.3) is 0 Å². The topological polar surface area (TPSA) is 63.8 Å². The van der Waals surface area contributed by atoms with Crippen molar-refractivity contribution in [3.05, 3.63) is 78.1 Å². The molecule has 2 atom stereocenters. The molecule has 0 saturated heterocycles. The Hall–Kier alpha value is -1.97. The van der Waals surface area contributed by atoms with E-state index in [0.29, 0.717) is 5.75 Å². The molecule has 0 fully saturated rings. The van der Waals surface area contributed by atoms with Crippen LogP contribution in [-0.4, -0.2) is 30.1 Å². The van der Waals surface area contributed by atoms with Gasteiger partial charge in [0.25, 0.3) is 0 Å². The summed E-state index contributed by atoms with van der Waals surface area (Å²) in [6, 6.07) is 6.90. The van der Waals surface area contributed by atoms with Gasteiger partial charge in [-0.1, -0.05) is 27.7 Å². The lowest BCUT2D eigenvalue weighted by Crippen LogP contribution is -2.41. The minimum absolute atomic E-state index is 0.0466. The van der Waals surface area contributed by atoms with Crippen LogP contribution in [0.3, 0.4) is 0 Å². The SMILES string of the molecule is C[C@@H](SSCc1cccnc1)[C@](O)(Cn1cncn1)c1cc(F)ccc1F.